The molecule has 2 saturated heterocycles. The van der Waals surface area contributed by atoms with Crippen molar-refractivity contribution in [2.24, 2.45) is 5.73 Å². The van der Waals surface area contributed by atoms with Gasteiger partial charge in [0.15, 0.2) is 12.0 Å². The Morgan fingerprint density at radius 3 is 2.61 bits per heavy atom. The van der Waals surface area contributed by atoms with Crippen LogP contribution in [-0.2, 0) is 19.1 Å². The third-order valence-electron chi connectivity index (χ3n) is 5.19. The minimum Gasteiger partial charge on any atom is -0.394 e. The summed E-state index contributed by atoms with van der Waals surface area (Å²) in [6, 6.07) is -0.829. The van der Waals surface area contributed by atoms with Gasteiger partial charge in [-0.1, -0.05) is 12.8 Å². The van der Waals surface area contributed by atoms with E-state index in [1.807, 2.05) is 0 Å². The summed E-state index contributed by atoms with van der Waals surface area (Å²) in [5.41, 5.74) is 3.64. The summed E-state index contributed by atoms with van der Waals surface area (Å²) in [6.45, 7) is 2.26. The van der Waals surface area contributed by atoms with Crippen LogP contribution in [0.15, 0.2) is 0 Å². The van der Waals surface area contributed by atoms with Gasteiger partial charge in [0.05, 0.1) is 13.2 Å². The van der Waals surface area contributed by atoms with Gasteiger partial charge in [-0.25, -0.2) is 0 Å². The van der Waals surface area contributed by atoms with Crippen LogP contribution in [0.2, 0.25) is 0 Å². The number of nitrogens with two attached hydrogens (primary N) is 1. The van der Waals surface area contributed by atoms with Gasteiger partial charge in [0, 0.05) is 19.9 Å². The molecule has 2 fully saturated rings. The van der Waals surface area contributed by atoms with Crippen molar-refractivity contribution < 1.29 is 34.4 Å². The van der Waals surface area contributed by atoms with E-state index >= 15 is 0 Å². The molecule has 6 N–H and O–H groups in total. The maximum atomic E-state index is 11.8. The smallest absolute Gasteiger partial charge is 0.222 e. The van der Waals surface area contributed by atoms with Crippen molar-refractivity contribution in [3.63, 3.8) is 0 Å². The average molecular weight is 403 g/mol. The number of fused-ring (bicyclic) bond motifs is 1. The van der Waals surface area contributed by atoms with Gasteiger partial charge < -0.3 is 35.8 Å². The van der Waals surface area contributed by atoms with Crippen LogP contribution in [0.25, 0.3) is 0 Å². The van der Waals surface area contributed by atoms with Crippen LogP contribution in [0.5, 0.6) is 0 Å². The Morgan fingerprint density at radius 1 is 1.25 bits per heavy atom. The highest BCUT2D eigenvalue weighted by atomic mass is 16.7. The molecule has 10 heteroatoms. The molecule has 28 heavy (non-hydrogen) atoms. The van der Waals surface area contributed by atoms with Gasteiger partial charge in [-0.15, -0.1) is 0 Å². The van der Waals surface area contributed by atoms with E-state index in [9.17, 15) is 24.9 Å². The maximum Gasteiger partial charge on any atom is 0.222 e. The zero-order valence-corrected chi connectivity index (χ0v) is 16.4. The van der Waals surface area contributed by atoms with Crippen LogP contribution in [0, 0.1) is 0 Å². The summed E-state index contributed by atoms with van der Waals surface area (Å²) in [6.07, 6.45) is 1.30. The summed E-state index contributed by atoms with van der Waals surface area (Å²) in [7, 11) is 0. The summed E-state index contributed by atoms with van der Waals surface area (Å²) < 4.78 is 11.1. The third kappa shape index (κ3) is 5.19. The summed E-state index contributed by atoms with van der Waals surface area (Å²) in [4.78, 5) is 24.6. The SMILES string of the molecule is CC(=O)N1C2C(OCCCC(=O)NCCCCCCN)OC(CO)C(O)C21O. The van der Waals surface area contributed by atoms with E-state index in [0.29, 0.717) is 19.5 Å². The van der Waals surface area contributed by atoms with Crippen LogP contribution in [-0.4, -0.2) is 88.6 Å². The van der Waals surface area contributed by atoms with E-state index in [-0.39, 0.29) is 18.9 Å². The van der Waals surface area contributed by atoms with Gasteiger partial charge in [-0.05, 0) is 25.8 Å². The lowest BCUT2D eigenvalue weighted by molar-refractivity contribution is -0.247. The molecule has 0 aliphatic carbocycles. The lowest BCUT2D eigenvalue weighted by Gasteiger charge is -2.33. The molecule has 162 valence electrons. The summed E-state index contributed by atoms with van der Waals surface area (Å²) in [5.74, 6) is -0.489. The largest absolute Gasteiger partial charge is 0.394 e. The standard InChI is InChI=1S/C18H33N3O7/c1-12(23)21-15-17(28-13(11-22)16(25)18(15,21)26)27-10-6-7-14(24)20-9-5-3-2-4-8-19/h13,15-17,22,25-26H,2-11,19H2,1H3,(H,20,24). The first-order valence-corrected chi connectivity index (χ1v) is 9.93. The third-order valence-corrected chi connectivity index (χ3v) is 5.19. The van der Waals surface area contributed by atoms with Crippen LogP contribution in [0.3, 0.4) is 0 Å². The Labute approximate surface area is 165 Å². The van der Waals surface area contributed by atoms with E-state index in [4.69, 9.17) is 15.2 Å². The monoisotopic (exact) mass is 403 g/mol. The topological polar surface area (TPSA) is 154 Å². The molecule has 2 amide bonds. The number of amides is 2. The van der Waals surface area contributed by atoms with Crippen molar-refractivity contribution in [2.45, 2.75) is 75.7 Å². The molecule has 2 aliphatic heterocycles. The molecule has 10 nitrogen and oxygen atoms in total. The molecule has 5 unspecified atom stereocenters. The molecule has 0 saturated carbocycles. The predicted octanol–water partition coefficient (Wildman–Crippen LogP) is -1.58. The van der Waals surface area contributed by atoms with Crippen LogP contribution < -0.4 is 11.1 Å². The minimum absolute atomic E-state index is 0.0658. The van der Waals surface area contributed by atoms with Crippen molar-refractivity contribution in [1.29, 1.82) is 0 Å². The van der Waals surface area contributed by atoms with Crippen molar-refractivity contribution in [3.05, 3.63) is 0 Å². The Balaban J connectivity index is 1.68. The maximum absolute atomic E-state index is 11.8. The molecule has 2 aliphatic rings. The number of hydrogen-bond donors (Lipinski definition) is 5. The van der Waals surface area contributed by atoms with E-state index in [1.54, 1.807) is 0 Å². The molecular weight excluding hydrogens is 370 g/mol. The number of carbonyl (C=O) groups excluding carboxylic acids is 2. The molecule has 2 heterocycles. The van der Waals surface area contributed by atoms with Gasteiger partial charge in [-0.2, -0.15) is 0 Å². The molecule has 0 aromatic carbocycles. The number of aliphatic hydroxyl groups is 3. The predicted molar refractivity (Wildman–Crippen MR) is 98.7 cm³/mol. The lowest BCUT2D eigenvalue weighted by Crippen LogP contribution is -2.54. The lowest BCUT2D eigenvalue weighted by atomic mass is 10.0. The number of hydrogen-bond acceptors (Lipinski definition) is 8. The van der Waals surface area contributed by atoms with Crippen LogP contribution in [0.4, 0.5) is 0 Å². The normalized spacial score (nSPS) is 31.4. The van der Waals surface area contributed by atoms with Crippen LogP contribution >= 0.6 is 0 Å². The first-order chi connectivity index (χ1) is 13.4. The van der Waals surface area contributed by atoms with Crippen molar-refractivity contribution >= 4 is 11.8 Å². The fraction of sp³-hybridized carbons (Fsp3) is 0.889. The second-order valence-corrected chi connectivity index (χ2v) is 7.31. The Kier molecular flexibility index (Phi) is 8.59. The quantitative estimate of drug-likeness (QED) is 0.193. The number of aliphatic hydroxyl groups excluding tert-OH is 2. The molecule has 0 spiro atoms. The number of nitrogens with zero attached hydrogens (tertiary/aromatic N) is 1. The van der Waals surface area contributed by atoms with E-state index in [2.05, 4.69) is 5.32 Å². The molecule has 0 aromatic rings. The second-order valence-electron chi connectivity index (χ2n) is 7.31. The average Bonchev–Trinajstić information content (AvgIpc) is 3.31. The summed E-state index contributed by atoms with van der Waals surface area (Å²) >= 11 is 0. The zero-order chi connectivity index (χ0) is 20.7. The second kappa shape index (κ2) is 10.5. The van der Waals surface area contributed by atoms with Gasteiger partial charge >= 0.3 is 0 Å². The fourth-order valence-corrected chi connectivity index (χ4v) is 3.64. The van der Waals surface area contributed by atoms with Gasteiger partial charge in [0.25, 0.3) is 0 Å². The molecule has 0 aromatic heterocycles. The molecule has 0 bridgehead atoms. The van der Waals surface area contributed by atoms with E-state index in [1.165, 1.54) is 6.92 Å². The highest BCUT2D eigenvalue weighted by Crippen LogP contribution is 2.49. The van der Waals surface area contributed by atoms with Crippen molar-refractivity contribution in [1.82, 2.24) is 10.2 Å². The number of unbranched alkanes of at least 4 members (excludes halogenated alkanes) is 3. The number of carbonyl (C=O) groups is 2. The Hall–Kier alpha value is -1.30. The Bertz CT molecular complexity index is 535. The molecule has 5 atom stereocenters. The summed E-state index contributed by atoms with van der Waals surface area (Å²) in [5, 5.41) is 32.9. The fourth-order valence-electron chi connectivity index (χ4n) is 3.64. The first-order valence-electron chi connectivity index (χ1n) is 9.93. The number of nitrogens with one attached hydrogen (secondary N) is 1. The van der Waals surface area contributed by atoms with Gasteiger partial charge in [0.1, 0.15) is 18.2 Å². The molecule has 2 rings (SSSR count). The van der Waals surface area contributed by atoms with Gasteiger partial charge in [0.2, 0.25) is 11.8 Å². The highest BCUT2D eigenvalue weighted by Gasteiger charge is 2.75. The van der Waals surface area contributed by atoms with Gasteiger partial charge in [-0.3, -0.25) is 14.5 Å². The highest BCUT2D eigenvalue weighted by molar-refractivity contribution is 5.78. The number of ether oxygens (including phenoxy) is 2. The first kappa shape index (κ1) is 23.0. The molecular formula is C18H33N3O7. The number of rotatable bonds is 12. The zero-order valence-electron chi connectivity index (χ0n) is 16.4. The minimum atomic E-state index is -1.79. The van der Waals surface area contributed by atoms with Crippen molar-refractivity contribution in [2.75, 3.05) is 26.3 Å². The Morgan fingerprint density at radius 2 is 1.96 bits per heavy atom. The molecule has 0 radical (unpaired) electrons. The van der Waals surface area contributed by atoms with Crippen molar-refractivity contribution in [3.8, 4) is 0 Å². The van der Waals surface area contributed by atoms with E-state index in [0.717, 1.165) is 30.6 Å². The van der Waals surface area contributed by atoms with E-state index < -0.39 is 42.8 Å². The van der Waals surface area contributed by atoms with Crippen LogP contribution in [0.1, 0.15) is 45.4 Å².